The van der Waals surface area contributed by atoms with E-state index in [2.05, 4.69) is 15.2 Å². The zero-order valence-corrected chi connectivity index (χ0v) is 16.0. The highest BCUT2D eigenvalue weighted by molar-refractivity contribution is 5.94. The van der Waals surface area contributed by atoms with Crippen LogP contribution in [0.1, 0.15) is 21.6 Å². The average Bonchev–Trinajstić information content (AvgIpc) is 3.23. The van der Waals surface area contributed by atoms with Crippen molar-refractivity contribution in [2.75, 3.05) is 7.11 Å². The molecule has 3 aromatic rings. The molecule has 1 N–H and O–H groups in total. The normalized spacial score (nSPS) is 11.5. The van der Waals surface area contributed by atoms with E-state index in [0.717, 1.165) is 10.7 Å². The summed E-state index contributed by atoms with van der Waals surface area (Å²) in [6.45, 7) is -3.00. The fourth-order valence-electron chi connectivity index (χ4n) is 2.69. The minimum Gasteiger partial charge on any atom is -0.493 e. The van der Waals surface area contributed by atoms with Gasteiger partial charge in [-0.25, -0.2) is 4.68 Å². The Bertz CT molecular complexity index is 1050. The Balaban J connectivity index is 1.65. The Morgan fingerprint density at radius 1 is 1.10 bits per heavy atom. The Morgan fingerprint density at radius 2 is 1.81 bits per heavy atom. The molecule has 0 aliphatic rings. The number of halogens is 5. The first-order chi connectivity index (χ1) is 14.7. The fourth-order valence-corrected chi connectivity index (χ4v) is 2.69. The summed E-state index contributed by atoms with van der Waals surface area (Å²) >= 11 is 0. The van der Waals surface area contributed by atoms with Crippen LogP contribution in [0.4, 0.5) is 22.0 Å². The van der Waals surface area contributed by atoms with Crippen LogP contribution >= 0.6 is 0 Å². The number of ether oxygens (including phenoxy) is 2. The van der Waals surface area contributed by atoms with E-state index in [1.807, 2.05) is 0 Å². The first kappa shape index (κ1) is 22.1. The molecule has 1 aromatic heterocycles. The zero-order valence-electron chi connectivity index (χ0n) is 16.0. The third kappa shape index (κ3) is 5.50. The van der Waals surface area contributed by atoms with E-state index >= 15 is 0 Å². The third-order valence-corrected chi connectivity index (χ3v) is 4.17. The molecule has 31 heavy (non-hydrogen) atoms. The first-order valence-electron chi connectivity index (χ1n) is 8.80. The number of nitrogens with one attached hydrogen (secondary N) is 1. The van der Waals surface area contributed by atoms with Crippen molar-refractivity contribution in [2.45, 2.75) is 19.3 Å². The van der Waals surface area contributed by atoms with E-state index < -0.39 is 24.4 Å². The van der Waals surface area contributed by atoms with Gasteiger partial charge in [0.15, 0.2) is 17.2 Å². The van der Waals surface area contributed by atoms with Crippen molar-refractivity contribution in [3.8, 4) is 17.2 Å². The molecule has 164 valence electrons. The van der Waals surface area contributed by atoms with Crippen molar-refractivity contribution in [1.82, 2.24) is 15.1 Å². The molecule has 0 aliphatic heterocycles. The van der Waals surface area contributed by atoms with Crippen LogP contribution in [0, 0.1) is 0 Å². The number of aromatic nitrogens is 2. The molecule has 0 unspecified atom stereocenters. The Hall–Kier alpha value is -3.63. The lowest BCUT2D eigenvalue weighted by molar-refractivity contribution is -0.141. The number of carbonyl (C=O) groups excluding carboxylic acids is 1. The van der Waals surface area contributed by atoms with Gasteiger partial charge in [-0.2, -0.15) is 27.1 Å². The predicted octanol–water partition coefficient (Wildman–Crippen LogP) is 4.43. The second kappa shape index (κ2) is 9.02. The SMILES string of the molecule is COc1ccc(CNC(=O)c2ccc(-n3ccc(C(F)(F)F)n3)cc2)cc1OC(F)F. The summed E-state index contributed by atoms with van der Waals surface area (Å²) in [5.41, 5.74) is 0.0714. The summed E-state index contributed by atoms with van der Waals surface area (Å²) in [4.78, 5) is 12.3. The van der Waals surface area contributed by atoms with Crippen molar-refractivity contribution in [3.63, 3.8) is 0 Å². The quantitative estimate of drug-likeness (QED) is 0.551. The highest BCUT2D eigenvalue weighted by atomic mass is 19.4. The molecule has 1 amide bonds. The number of amides is 1. The molecule has 0 atom stereocenters. The van der Waals surface area contributed by atoms with Crippen molar-refractivity contribution < 1.29 is 36.2 Å². The van der Waals surface area contributed by atoms with Crippen LogP contribution in [-0.2, 0) is 12.7 Å². The van der Waals surface area contributed by atoms with E-state index in [1.54, 1.807) is 6.07 Å². The zero-order chi connectivity index (χ0) is 22.6. The topological polar surface area (TPSA) is 65.4 Å². The average molecular weight is 441 g/mol. The van der Waals surface area contributed by atoms with E-state index in [-0.39, 0.29) is 23.6 Å². The van der Waals surface area contributed by atoms with Gasteiger partial charge in [0.25, 0.3) is 5.91 Å². The highest BCUT2D eigenvalue weighted by Crippen LogP contribution is 2.30. The molecule has 0 saturated carbocycles. The van der Waals surface area contributed by atoms with E-state index in [0.29, 0.717) is 11.3 Å². The van der Waals surface area contributed by atoms with Crippen LogP contribution in [0.2, 0.25) is 0 Å². The minimum absolute atomic E-state index is 0.0261. The number of hydrogen-bond acceptors (Lipinski definition) is 4. The van der Waals surface area contributed by atoms with Crippen molar-refractivity contribution in [3.05, 3.63) is 71.5 Å². The maximum absolute atomic E-state index is 12.7. The molecule has 0 aliphatic carbocycles. The summed E-state index contributed by atoms with van der Waals surface area (Å²) in [6.07, 6.45) is -3.38. The van der Waals surface area contributed by atoms with Gasteiger partial charge in [-0.05, 0) is 48.0 Å². The lowest BCUT2D eigenvalue weighted by atomic mass is 10.1. The molecular formula is C20H16F5N3O3. The van der Waals surface area contributed by atoms with Crippen molar-refractivity contribution in [1.29, 1.82) is 0 Å². The smallest absolute Gasteiger partial charge is 0.435 e. The van der Waals surface area contributed by atoms with E-state index in [1.165, 1.54) is 49.7 Å². The van der Waals surface area contributed by atoms with Crippen molar-refractivity contribution >= 4 is 5.91 Å². The second-order valence-electron chi connectivity index (χ2n) is 6.24. The number of methoxy groups -OCH3 is 1. The van der Waals surface area contributed by atoms with Crippen molar-refractivity contribution in [2.24, 2.45) is 0 Å². The third-order valence-electron chi connectivity index (χ3n) is 4.17. The fraction of sp³-hybridized carbons (Fsp3) is 0.200. The number of alkyl halides is 5. The Kier molecular flexibility index (Phi) is 6.42. The van der Waals surface area contributed by atoms with E-state index in [4.69, 9.17) is 4.74 Å². The molecule has 0 saturated heterocycles. The van der Waals surface area contributed by atoms with Gasteiger partial charge < -0.3 is 14.8 Å². The van der Waals surface area contributed by atoms with Gasteiger partial charge in [-0.15, -0.1) is 0 Å². The predicted molar refractivity (Wildman–Crippen MR) is 99.4 cm³/mol. The van der Waals surface area contributed by atoms with E-state index in [9.17, 15) is 26.7 Å². The maximum Gasteiger partial charge on any atom is 0.435 e. The Labute approximate surface area is 173 Å². The highest BCUT2D eigenvalue weighted by Gasteiger charge is 2.33. The number of nitrogens with zero attached hydrogens (tertiary/aromatic N) is 2. The van der Waals surface area contributed by atoms with Crippen LogP contribution in [-0.4, -0.2) is 29.4 Å². The molecule has 0 spiro atoms. The van der Waals surface area contributed by atoms with Gasteiger partial charge >= 0.3 is 12.8 Å². The Morgan fingerprint density at radius 3 is 2.39 bits per heavy atom. The largest absolute Gasteiger partial charge is 0.493 e. The monoisotopic (exact) mass is 441 g/mol. The van der Waals surface area contributed by atoms with Gasteiger partial charge in [-0.1, -0.05) is 6.07 Å². The standard InChI is InChI=1S/C20H16F5N3O3/c1-30-15-7-2-12(10-16(15)31-19(21)22)11-26-18(29)13-3-5-14(6-4-13)28-9-8-17(27-28)20(23,24)25/h2-10,19H,11H2,1H3,(H,26,29). The minimum atomic E-state index is -4.55. The molecule has 11 heteroatoms. The second-order valence-corrected chi connectivity index (χ2v) is 6.24. The lowest BCUT2D eigenvalue weighted by Crippen LogP contribution is -2.22. The summed E-state index contributed by atoms with van der Waals surface area (Å²) in [7, 11) is 1.31. The van der Waals surface area contributed by atoms with Crippen LogP contribution in [0.3, 0.4) is 0 Å². The summed E-state index contributed by atoms with van der Waals surface area (Å²) in [6, 6.07) is 10.9. The number of benzene rings is 2. The van der Waals surface area contributed by atoms with Gasteiger partial charge in [0.05, 0.1) is 12.8 Å². The van der Waals surface area contributed by atoms with Crippen LogP contribution in [0.25, 0.3) is 5.69 Å². The van der Waals surface area contributed by atoms with Crippen LogP contribution in [0.15, 0.2) is 54.7 Å². The maximum atomic E-state index is 12.7. The molecule has 0 radical (unpaired) electrons. The van der Waals surface area contributed by atoms with Gasteiger partial charge in [0.2, 0.25) is 0 Å². The first-order valence-corrected chi connectivity index (χ1v) is 8.80. The van der Waals surface area contributed by atoms with Crippen LogP contribution in [0.5, 0.6) is 11.5 Å². The molecular weight excluding hydrogens is 425 g/mol. The molecule has 2 aromatic carbocycles. The van der Waals surface area contributed by atoms with Gasteiger partial charge in [0, 0.05) is 18.3 Å². The van der Waals surface area contributed by atoms with Gasteiger partial charge in [0.1, 0.15) is 0 Å². The molecule has 1 heterocycles. The number of hydrogen-bond donors (Lipinski definition) is 1. The molecule has 0 bridgehead atoms. The summed E-state index contributed by atoms with van der Waals surface area (Å²) in [5, 5.41) is 6.08. The summed E-state index contributed by atoms with van der Waals surface area (Å²) < 4.78 is 73.4. The summed E-state index contributed by atoms with van der Waals surface area (Å²) in [5.74, 6) is -0.501. The van der Waals surface area contributed by atoms with Crippen LogP contribution < -0.4 is 14.8 Å². The van der Waals surface area contributed by atoms with Gasteiger partial charge in [-0.3, -0.25) is 4.79 Å². The lowest BCUT2D eigenvalue weighted by Gasteiger charge is -2.12. The molecule has 3 rings (SSSR count). The molecule has 0 fully saturated rings. The number of carbonyl (C=O) groups is 1. The number of rotatable bonds is 7. The molecule has 6 nitrogen and oxygen atoms in total.